The molecule has 0 bridgehead atoms. The molecule has 2 aliphatic carbocycles. The summed E-state index contributed by atoms with van der Waals surface area (Å²) >= 11 is 0. The van der Waals surface area contributed by atoms with Crippen LogP contribution in [0.5, 0.6) is 0 Å². The van der Waals surface area contributed by atoms with Crippen LogP contribution in [-0.2, 0) is 14.3 Å². The predicted octanol–water partition coefficient (Wildman–Crippen LogP) is 4.26. The van der Waals surface area contributed by atoms with Crippen molar-refractivity contribution in [2.75, 3.05) is 20.2 Å². The van der Waals surface area contributed by atoms with Crippen molar-refractivity contribution in [3.8, 4) is 11.1 Å². The van der Waals surface area contributed by atoms with Gasteiger partial charge in [0.1, 0.15) is 12.6 Å². The van der Waals surface area contributed by atoms with Crippen LogP contribution in [-0.4, -0.2) is 54.2 Å². The van der Waals surface area contributed by atoms with Crippen LogP contribution >= 0.6 is 0 Å². The van der Waals surface area contributed by atoms with Gasteiger partial charge in [0.2, 0.25) is 5.91 Å². The highest BCUT2D eigenvalue weighted by Crippen LogP contribution is 2.44. The number of rotatable bonds is 7. The molecule has 3 atom stereocenters. The molecule has 2 amide bonds. The number of benzene rings is 2. The Balaban J connectivity index is 1.35. The highest BCUT2D eigenvalue weighted by atomic mass is 16.5. The second-order valence-corrected chi connectivity index (χ2v) is 9.32. The summed E-state index contributed by atoms with van der Waals surface area (Å²) in [6, 6.07) is 15.5. The highest BCUT2D eigenvalue weighted by Gasteiger charge is 2.35. The fraction of sp³-hybridized carbons (Fsp3) is 0.444. The van der Waals surface area contributed by atoms with E-state index in [1.165, 1.54) is 30.0 Å². The zero-order valence-electron chi connectivity index (χ0n) is 19.7. The lowest BCUT2D eigenvalue weighted by atomic mass is 9.78. The van der Waals surface area contributed by atoms with Gasteiger partial charge in [-0.1, -0.05) is 61.4 Å². The number of aliphatic carboxylic acids is 1. The number of fused-ring (bicyclic) bond motifs is 3. The molecule has 0 spiro atoms. The highest BCUT2D eigenvalue weighted by molar-refractivity contribution is 5.85. The average Bonchev–Trinajstić information content (AvgIpc) is 3.18. The number of hydrogen-bond donors (Lipinski definition) is 2. The van der Waals surface area contributed by atoms with Gasteiger partial charge >= 0.3 is 12.1 Å². The van der Waals surface area contributed by atoms with E-state index < -0.39 is 18.1 Å². The van der Waals surface area contributed by atoms with Crippen molar-refractivity contribution in [2.45, 2.75) is 44.6 Å². The molecule has 180 valence electrons. The van der Waals surface area contributed by atoms with Crippen LogP contribution < -0.4 is 5.32 Å². The molecule has 2 aromatic rings. The molecule has 2 N–H and O–H groups in total. The van der Waals surface area contributed by atoms with Gasteiger partial charge in [-0.3, -0.25) is 4.79 Å². The molecule has 0 saturated heterocycles. The lowest BCUT2D eigenvalue weighted by Crippen LogP contribution is -2.47. The number of likely N-dealkylation sites (N-methyl/N-ethyl adjacent to an activating group) is 1. The van der Waals surface area contributed by atoms with E-state index in [-0.39, 0.29) is 30.3 Å². The molecular weight excluding hydrogens is 432 g/mol. The fourth-order valence-corrected chi connectivity index (χ4v) is 5.26. The first kappa shape index (κ1) is 23.8. The fourth-order valence-electron chi connectivity index (χ4n) is 5.26. The van der Waals surface area contributed by atoms with E-state index >= 15 is 0 Å². The largest absolute Gasteiger partial charge is 0.480 e. The Hall–Kier alpha value is -3.35. The summed E-state index contributed by atoms with van der Waals surface area (Å²) in [5, 5.41) is 12.1. The Morgan fingerprint density at radius 3 is 2.24 bits per heavy atom. The predicted molar refractivity (Wildman–Crippen MR) is 128 cm³/mol. The summed E-state index contributed by atoms with van der Waals surface area (Å²) in [5.41, 5.74) is 4.67. The number of carboxylic acid groups (broad SMARTS) is 1. The maximum atomic E-state index is 13.0. The molecule has 0 radical (unpaired) electrons. The third-order valence-corrected chi connectivity index (χ3v) is 7.36. The third-order valence-electron chi connectivity index (χ3n) is 7.36. The number of carbonyl (C=O) groups is 3. The van der Waals surface area contributed by atoms with E-state index in [4.69, 9.17) is 4.74 Å². The van der Waals surface area contributed by atoms with Crippen molar-refractivity contribution in [1.29, 1.82) is 0 Å². The number of carbonyl (C=O) groups excluding carboxylic acids is 2. The van der Waals surface area contributed by atoms with Crippen molar-refractivity contribution in [3.63, 3.8) is 0 Å². The van der Waals surface area contributed by atoms with Crippen LogP contribution in [0.25, 0.3) is 11.1 Å². The molecule has 1 fully saturated rings. The van der Waals surface area contributed by atoms with Crippen molar-refractivity contribution in [3.05, 3.63) is 59.7 Å². The maximum absolute atomic E-state index is 13.0. The maximum Gasteiger partial charge on any atom is 0.407 e. The van der Waals surface area contributed by atoms with Gasteiger partial charge in [-0.25, -0.2) is 9.59 Å². The van der Waals surface area contributed by atoms with E-state index in [0.717, 1.165) is 30.4 Å². The van der Waals surface area contributed by atoms with Crippen molar-refractivity contribution < 1.29 is 24.2 Å². The summed E-state index contributed by atoms with van der Waals surface area (Å²) in [6.45, 7) is 2.08. The van der Waals surface area contributed by atoms with Crippen molar-refractivity contribution in [1.82, 2.24) is 10.2 Å². The summed E-state index contributed by atoms with van der Waals surface area (Å²) < 4.78 is 5.62. The van der Waals surface area contributed by atoms with Gasteiger partial charge in [-0.2, -0.15) is 0 Å². The van der Waals surface area contributed by atoms with Crippen LogP contribution in [0.3, 0.4) is 0 Å². The Morgan fingerprint density at radius 1 is 1.03 bits per heavy atom. The molecule has 2 aliphatic rings. The first-order valence-electron chi connectivity index (χ1n) is 12.0. The van der Waals surface area contributed by atoms with Crippen LogP contribution in [0.1, 0.15) is 49.7 Å². The third kappa shape index (κ3) is 4.79. The normalized spacial score (nSPS) is 20.1. The summed E-state index contributed by atoms with van der Waals surface area (Å²) in [4.78, 5) is 38.1. The molecule has 34 heavy (non-hydrogen) atoms. The van der Waals surface area contributed by atoms with Gasteiger partial charge in [0.25, 0.3) is 0 Å². The first-order valence-corrected chi connectivity index (χ1v) is 12.0. The van der Waals surface area contributed by atoms with Crippen LogP contribution in [0.15, 0.2) is 48.5 Å². The van der Waals surface area contributed by atoms with Gasteiger partial charge < -0.3 is 20.1 Å². The molecule has 0 aromatic heterocycles. The number of hydrogen-bond acceptors (Lipinski definition) is 4. The smallest absolute Gasteiger partial charge is 0.407 e. The van der Waals surface area contributed by atoms with Gasteiger partial charge in [-0.05, 0) is 47.9 Å². The second-order valence-electron chi connectivity index (χ2n) is 9.32. The van der Waals surface area contributed by atoms with E-state index in [9.17, 15) is 19.5 Å². The number of nitrogens with one attached hydrogen (secondary N) is 1. The van der Waals surface area contributed by atoms with Gasteiger partial charge in [0, 0.05) is 25.4 Å². The molecule has 7 heteroatoms. The van der Waals surface area contributed by atoms with Crippen LogP contribution in [0.4, 0.5) is 4.79 Å². The summed E-state index contributed by atoms with van der Waals surface area (Å²) in [7, 11) is 1.53. The summed E-state index contributed by atoms with van der Waals surface area (Å²) in [6.07, 6.45) is 2.93. The number of carboxylic acids is 1. The molecule has 0 heterocycles. The molecule has 4 rings (SSSR count). The lowest BCUT2D eigenvalue weighted by molar-refractivity contribution is -0.151. The average molecular weight is 465 g/mol. The van der Waals surface area contributed by atoms with Crippen LogP contribution in [0, 0.1) is 11.8 Å². The SMILES string of the molecule is C[C@@H](C(=O)O)N(C)C(=O)[C@H]1CCCC[C@H]1CNC(=O)OCC1c2ccccc2-c2ccccc21. The monoisotopic (exact) mass is 464 g/mol. The van der Waals surface area contributed by atoms with Crippen molar-refractivity contribution in [2.24, 2.45) is 11.8 Å². The Bertz CT molecular complexity index is 1020. The first-order chi connectivity index (χ1) is 16.4. The van der Waals surface area contributed by atoms with Crippen molar-refractivity contribution >= 4 is 18.0 Å². The second kappa shape index (κ2) is 10.3. The Labute approximate surface area is 200 Å². The molecule has 1 saturated carbocycles. The standard InChI is InChI=1S/C27H32N2O5/c1-17(26(31)32)29(2)25(30)19-10-4-3-9-18(19)15-28-27(33)34-16-24-22-13-7-5-11-20(22)21-12-6-8-14-23(21)24/h5-8,11-14,17-19,24H,3-4,9-10,15-16H2,1-2H3,(H,28,33)(H,31,32)/t17-,18-,19-/m0/s1. The number of amides is 2. The molecule has 2 aromatic carbocycles. The Kier molecular flexibility index (Phi) is 7.20. The minimum atomic E-state index is -1.03. The minimum absolute atomic E-state index is 0.00619. The zero-order valence-corrected chi connectivity index (χ0v) is 19.7. The van der Waals surface area contributed by atoms with E-state index in [1.54, 1.807) is 0 Å². The minimum Gasteiger partial charge on any atom is -0.480 e. The summed E-state index contributed by atoms with van der Waals surface area (Å²) in [5.74, 6) is -1.54. The lowest BCUT2D eigenvalue weighted by Gasteiger charge is -2.34. The quantitative estimate of drug-likeness (QED) is 0.638. The number of alkyl carbamates (subject to hydrolysis) is 1. The molecular formula is C27H32N2O5. The molecule has 7 nitrogen and oxygen atoms in total. The number of nitrogens with zero attached hydrogens (tertiary/aromatic N) is 1. The molecule has 0 unspecified atom stereocenters. The van der Waals surface area contributed by atoms with Gasteiger partial charge in [0.05, 0.1) is 0 Å². The molecule has 0 aliphatic heterocycles. The topological polar surface area (TPSA) is 95.9 Å². The van der Waals surface area contributed by atoms with Crippen LogP contribution in [0.2, 0.25) is 0 Å². The zero-order chi connectivity index (χ0) is 24.2. The van der Waals surface area contributed by atoms with E-state index in [2.05, 4.69) is 29.6 Å². The Morgan fingerprint density at radius 2 is 1.62 bits per heavy atom. The van der Waals surface area contributed by atoms with Gasteiger partial charge in [-0.15, -0.1) is 0 Å². The number of ether oxygens (including phenoxy) is 1. The van der Waals surface area contributed by atoms with E-state index in [1.807, 2.05) is 24.3 Å². The van der Waals surface area contributed by atoms with Gasteiger partial charge in [0.15, 0.2) is 0 Å². The van der Waals surface area contributed by atoms with E-state index in [0.29, 0.717) is 13.0 Å².